The van der Waals surface area contributed by atoms with Crippen LogP contribution in [0.3, 0.4) is 0 Å². The lowest BCUT2D eigenvalue weighted by molar-refractivity contribution is -0.137. The van der Waals surface area contributed by atoms with Crippen LogP contribution in [-0.2, 0) is 35.3 Å². The number of halogens is 3. The molecule has 1 unspecified atom stereocenters. The van der Waals surface area contributed by atoms with Crippen LogP contribution in [0.1, 0.15) is 47.0 Å². The maximum atomic E-state index is 13.0. The molecular weight excluding hydrogens is 469 g/mol. The molecule has 5 rings (SSSR count). The van der Waals surface area contributed by atoms with Crippen molar-refractivity contribution in [3.63, 3.8) is 0 Å². The van der Waals surface area contributed by atoms with Gasteiger partial charge in [-0.25, -0.2) is 4.79 Å². The number of ether oxygens (including phenoxy) is 2. The van der Waals surface area contributed by atoms with E-state index in [1.54, 1.807) is 17.9 Å². The van der Waals surface area contributed by atoms with Gasteiger partial charge in [0.25, 0.3) is 0 Å². The number of amides is 1. The van der Waals surface area contributed by atoms with Crippen LogP contribution in [-0.4, -0.2) is 58.0 Å². The van der Waals surface area contributed by atoms with Gasteiger partial charge in [0.15, 0.2) is 0 Å². The van der Waals surface area contributed by atoms with Gasteiger partial charge < -0.3 is 14.4 Å². The highest BCUT2D eigenvalue weighted by atomic mass is 32.1. The van der Waals surface area contributed by atoms with Crippen LogP contribution in [0.5, 0.6) is 0 Å². The predicted octanol–water partition coefficient (Wildman–Crippen LogP) is 4.01. The summed E-state index contributed by atoms with van der Waals surface area (Å²) in [6.07, 6.45) is -2.66. The SMILES string of the molecule is Cc1cc(COC(=O)N2CCn3nc(C4CN5CCC[C@H]5CO4)cc3C2)cc(C(F)(F)F)c1.S. The Hall–Kier alpha value is -2.24. The summed E-state index contributed by atoms with van der Waals surface area (Å²) in [6, 6.07) is 6.19. The van der Waals surface area contributed by atoms with Crippen molar-refractivity contribution in [3.05, 3.63) is 52.3 Å². The highest BCUT2D eigenvalue weighted by Crippen LogP contribution is 2.32. The van der Waals surface area contributed by atoms with Gasteiger partial charge in [-0.3, -0.25) is 9.58 Å². The minimum atomic E-state index is -4.44. The molecule has 34 heavy (non-hydrogen) atoms. The van der Waals surface area contributed by atoms with E-state index < -0.39 is 17.8 Å². The molecule has 2 fully saturated rings. The van der Waals surface area contributed by atoms with Gasteiger partial charge in [0.05, 0.1) is 36.6 Å². The Labute approximate surface area is 203 Å². The number of fused-ring (bicyclic) bond motifs is 2. The Bertz CT molecular complexity index is 1040. The molecule has 2 saturated heterocycles. The molecular formula is C23H29F3N4O3S. The molecule has 11 heteroatoms. The number of hydrogen-bond donors (Lipinski definition) is 0. The van der Waals surface area contributed by atoms with Crippen LogP contribution < -0.4 is 0 Å². The Morgan fingerprint density at radius 1 is 1.21 bits per heavy atom. The third-order valence-corrected chi connectivity index (χ3v) is 6.62. The number of hydrogen-bond acceptors (Lipinski definition) is 5. The Morgan fingerprint density at radius 3 is 2.82 bits per heavy atom. The van der Waals surface area contributed by atoms with Gasteiger partial charge in [-0.05, 0) is 50.1 Å². The molecule has 186 valence electrons. The third-order valence-electron chi connectivity index (χ3n) is 6.62. The second-order valence-electron chi connectivity index (χ2n) is 9.08. The molecule has 2 atom stereocenters. The minimum absolute atomic E-state index is 0. The molecule has 4 heterocycles. The number of morpholine rings is 1. The van der Waals surface area contributed by atoms with Crippen LogP contribution >= 0.6 is 13.5 Å². The largest absolute Gasteiger partial charge is 0.445 e. The van der Waals surface area contributed by atoms with E-state index in [2.05, 4.69) is 4.90 Å². The van der Waals surface area contributed by atoms with Gasteiger partial charge in [0.2, 0.25) is 0 Å². The summed E-state index contributed by atoms with van der Waals surface area (Å²) in [5.41, 5.74) is 1.82. The number of benzene rings is 1. The number of aromatic nitrogens is 2. The molecule has 0 bridgehead atoms. The highest BCUT2D eigenvalue weighted by Gasteiger charge is 2.35. The standard InChI is InChI=1S/C23H27F3N4O3.H2S/c1-15-7-16(9-17(8-15)23(24,25)26)13-33-22(31)29-5-6-30-19(11-29)10-20(27-30)21-12-28-4-2-3-18(28)14-32-21;/h7-10,18,21H,2-6,11-14H2,1H3;1H2/t18-,21?;/m0./s1. The summed E-state index contributed by atoms with van der Waals surface area (Å²) in [7, 11) is 0. The van der Waals surface area contributed by atoms with E-state index in [-0.39, 0.29) is 26.2 Å². The first-order valence-corrected chi connectivity index (χ1v) is 11.3. The molecule has 1 amide bonds. The zero-order valence-electron chi connectivity index (χ0n) is 19.0. The van der Waals surface area contributed by atoms with Crippen molar-refractivity contribution in [3.8, 4) is 0 Å². The monoisotopic (exact) mass is 498 g/mol. The lowest BCUT2D eigenvalue weighted by Crippen LogP contribution is -2.42. The topological polar surface area (TPSA) is 59.8 Å². The molecule has 0 N–H and O–H groups in total. The van der Waals surface area contributed by atoms with Crippen molar-refractivity contribution >= 4 is 19.6 Å². The lowest BCUT2D eigenvalue weighted by atomic mass is 10.1. The summed E-state index contributed by atoms with van der Waals surface area (Å²) in [6.45, 7) is 5.33. The first-order valence-electron chi connectivity index (χ1n) is 11.3. The summed E-state index contributed by atoms with van der Waals surface area (Å²) >= 11 is 0. The molecule has 3 aliphatic heterocycles. The first-order chi connectivity index (χ1) is 15.8. The van der Waals surface area contributed by atoms with Crippen molar-refractivity contribution in [2.75, 3.05) is 26.2 Å². The second-order valence-corrected chi connectivity index (χ2v) is 9.08. The highest BCUT2D eigenvalue weighted by molar-refractivity contribution is 7.59. The van der Waals surface area contributed by atoms with Crippen LogP contribution in [0.15, 0.2) is 24.3 Å². The van der Waals surface area contributed by atoms with Gasteiger partial charge in [-0.2, -0.15) is 31.8 Å². The van der Waals surface area contributed by atoms with Crippen molar-refractivity contribution in [1.29, 1.82) is 0 Å². The molecule has 1 aromatic heterocycles. The van der Waals surface area contributed by atoms with Crippen LogP contribution in [0.2, 0.25) is 0 Å². The van der Waals surface area contributed by atoms with Crippen LogP contribution in [0, 0.1) is 6.92 Å². The van der Waals surface area contributed by atoms with Gasteiger partial charge >= 0.3 is 12.3 Å². The zero-order valence-corrected chi connectivity index (χ0v) is 20.0. The molecule has 0 saturated carbocycles. The molecule has 3 aliphatic rings. The quantitative estimate of drug-likeness (QED) is 0.640. The van der Waals surface area contributed by atoms with Crippen molar-refractivity contribution in [1.82, 2.24) is 19.6 Å². The second kappa shape index (κ2) is 9.79. The smallest absolute Gasteiger partial charge is 0.416 e. The molecule has 7 nitrogen and oxygen atoms in total. The average molecular weight is 499 g/mol. The molecule has 2 aromatic rings. The van der Waals surface area contributed by atoms with Gasteiger partial charge in [-0.1, -0.05) is 11.6 Å². The number of alkyl halides is 3. The Kier molecular flexibility index (Phi) is 7.16. The minimum Gasteiger partial charge on any atom is -0.445 e. The maximum Gasteiger partial charge on any atom is 0.416 e. The lowest BCUT2D eigenvalue weighted by Gasteiger charge is -2.34. The number of carbonyl (C=O) groups is 1. The Balaban J connectivity index is 0.00000274. The average Bonchev–Trinajstić information content (AvgIpc) is 3.42. The fraction of sp³-hybridized carbons (Fsp3) is 0.565. The van der Waals surface area contributed by atoms with E-state index in [1.165, 1.54) is 12.8 Å². The fourth-order valence-electron chi connectivity index (χ4n) is 4.94. The summed E-state index contributed by atoms with van der Waals surface area (Å²) in [5, 5.41) is 4.70. The van der Waals surface area contributed by atoms with Crippen molar-refractivity contribution in [2.24, 2.45) is 0 Å². The molecule has 1 aromatic carbocycles. The number of carbonyl (C=O) groups excluding carboxylic acids is 1. The summed E-state index contributed by atoms with van der Waals surface area (Å²) < 4.78 is 52.4. The van der Waals surface area contributed by atoms with E-state index in [0.29, 0.717) is 36.8 Å². The zero-order chi connectivity index (χ0) is 23.2. The normalized spacial score (nSPS) is 22.6. The number of rotatable bonds is 3. The van der Waals surface area contributed by atoms with Crippen molar-refractivity contribution in [2.45, 2.75) is 57.8 Å². The van der Waals surface area contributed by atoms with Gasteiger partial charge in [-0.15, -0.1) is 0 Å². The van der Waals surface area contributed by atoms with E-state index in [9.17, 15) is 18.0 Å². The van der Waals surface area contributed by atoms with Crippen molar-refractivity contribution < 1.29 is 27.4 Å². The van der Waals surface area contributed by atoms with E-state index in [4.69, 9.17) is 14.6 Å². The molecule has 0 radical (unpaired) electrons. The van der Waals surface area contributed by atoms with Crippen LogP contribution in [0.4, 0.5) is 18.0 Å². The van der Waals surface area contributed by atoms with Gasteiger partial charge in [0.1, 0.15) is 12.7 Å². The van der Waals surface area contributed by atoms with Gasteiger partial charge in [0, 0.05) is 19.1 Å². The first kappa shape index (κ1) is 24.9. The van der Waals surface area contributed by atoms with E-state index in [1.807, 2.05) is 10.7 Å². The molecule has 0 aliphatic carbocycles. The fourth-order valence-corrected chi connectivity index (χ4v) is 4.94. The predicted molar refractivity (Wildman–Crippen MR) is 123 cm³/mol. The maximum absolute atomic E-state index is 13.0. The third kappa shape index (κ3) is 5.21. The van der Waals surface area contributed by atoms with E-state index >= 15 is 0 Å². The molecule has 0 spiro atoms. The van der Waals surface area contributed by atoms with E-state index in [0.717, 1.165) is 43.2 Å². The number of nitrogens with zero attached hydrogens (tertiary/aromatic N) is 4. The summed E-state index contributed by atoms with van der Waals surface area (Å²) in [5.74, 6) is 0. The number of aryl methyl sites for hydroxylation is 1. The summed E-state index contributed by atoms with van der Waals surface area (Å²) in [4.78, 5) is 16.6. The Morgan fingerprint density at radius 2 is 2.03 bits per heavy atom. The van der Waals surface area contributed by atoms with Crippen LogP contribution in [0.25, 0.3) is 0 Å².